The Hall–Kier alpha value is -3.71. The van der Waals surface area contributed by atoms with Gasteiger partial charge in [-0.1, -0.05) is 72.0 Å². The Morgan fingerprint density at radius 3 is 2.57 bits per heavy atom. The monoisotopic (exact) mass is 488 g/mol. The number of carbonyl (C=O) groups is 1. The molecule has 2 heterocycles. The maximum Gasteiger partial charge on any atom is 0.338 e. The van der Waals surface area contributed by atoms with Crippen molar-refractivity contribution in [3.8, 4) is 5.75 Å². The molecule has 0 N–H and O–H groups in total. The van der Waals surface area contributed by atoms with Crippen LogP contribution in [-0.2, 0) is 16.0 Å². The summed E-state index contributed by atoms with van der Waals surface area (Å²) in [4.78, 5) is 31.6. The largest absolute Gasteiger partial charge is 0.491 e. The lowest BCUT2D eigenvalue weighted by molar-refractivity contribution is -0.136. The standard InChI is InChI=1S/C28H28N2O4S/c1-18(2)34-22-16-10-9-15-21(22)25-24(27(32)33-4)19(3)29-28-30(25)26(31)23(35-28)17-11-8-14-20-12-6-5-7-13-20/h5-13,15-18,25H,14H2,1-4H3/b11-8-,23-17-. The highest BCUT2D eigenvalue weighted by Crippen LogP contribution is 2.36. The normalized spacial score (nSPS) is 15.9. The van der Waals surface area contributed by atoms with Crippen LogP contribution in [0.4, 0.5) is 0 Å². The highest BCUT2D eigenvalue weighted by Gasteiger charge is 2.34. The summed E-state index contributed by atoms with van der Waals surface area (Å²) in [5, 5.41) is 0. The summed E-state index contributed by atoms with van der Waals surface area (Å²) < 4.78 is 13.2. The Kier molecular flexibility index (Phi) is 7.46. The Morgan fingerprint density at radius 1 is 1.14 bits per heavy atom. The van der Waals surface area contributed by atoms with E-state index in [1.807, 2.05) is 68.5 Å². The number of fused-ring (bicyclic) bond motifs is 1. The zero-order valence-electron chi connectivity index (χ0n) is 20.2. The Labute approximate surface area is 208 Å². The average molecular weight is 489 g/mol. The summed E-state index contributed by atoms with van der Waals surface area (Å²) in [5.74, 6) is 0.0913. The first kappa shape index (κ1) is 24.4. The van der Waals surface area contributed by atoms with E-state index in [2.05, 4.69) is 17.1 Å². The molecule has 35 heavy (non-hydrogen) atoms. The number of hydrogen-bond acceptors (Lipinski definition) is 6. The van der Waals surface area contributed by atoms with Gasteiger partial charge in [-0.2, -0.15) is 0 Å². The molecule has 180 valence electrons. The Balaban J connectivity index is 1.83. The first-order valence-corrected chi connectivity index (χ1v) is 12.3. The van der Waals surface area contributed by atoms with Gasteiger partial charge in [0.1, 0.15) is 11.8 Å². The number of nitrogens with zero attached hydrogens (tertiary/aromatic N) is 2. The summed E-state index contributed by atoms with van der Waals surface area (Å²) in [6, 6.07) is 16.9. The predicted molar refractivity (Wildman–Crippen MR) is 138 cm³/mol. The van der Waals surface area contributed by atoms with Gasteiger partial charge in [0.2, 0.25) is 0 Å². The lowest BCUT2D eigenvalue weighted by Gasteiger charge is -2.26. The molecular formula is C28H28N2O4S. The van der Waals surface area contributed by atoms with Crippen LogP contribution in [0.1, 0.15) is 37.9 Å². The van der Waals surface area contributed by atoms with Crippen molar-refractivity contribution < 1.29 is 14.3 Å². The fourth-order valence-electron chi connectivity index (χ4n) is 4.04. The summed E-state index contributed by atoms with van der Waals surface area (Å²) >= 11 is 1.30. The van der Waals surface area contributed by atoms with Gasteiger partial charge in [-0.15, -0.1) is 0 Å². The van der Waals surface area contributed by atoms with E-state index in [1.54, 1.807) is 17.6 Å². The lowest BCUT2D eigenvalue weighted by atomic mass is 9.95. The van der Waals surface area contributed by atoms with E-state index in [0.717, 1.165) is 6.42 Å². The number of thiazole rings is 1. The second-order valence-electron chi connectivity index (χ2n) is 8.42. The van der Waals surface area contributed by atoms with Gasteiger partial charge < -0.3 is 9.47 Å². The number of esters is 1. The minimum Gasteiger partial charge on any atom is -0.491 e. The molecule has 0 bridgehead atoms. The van der Waals surface area contributed by atoms with Crippen LogP contribution < -0.4 is 19.6 Å². The van der Waals surface area contributed by atoms with Gasteiger partial charge in [-0.05, 0) is 44.9 Å². The number of benzene rings is 2. The van der Waals surface area contributed by atoms with E-state index < -0.39 is 12.0 Å². The molecule has 1 aromatic heterocycles. The van der Waals surface area contributed by atoms with Crippen molar-refractivity contribution in [2.24, 2.45) is 4.99 Å². The molecule has 0 fully saturated rings. The van der Waals surface area contributed by atoms with Gasteiger partial charge in [-0.3, -0.25) is 9.36 Å². The van der Waals surface area contributed by atoms with Crippen LogP contribution in [0.2, 0.25) is 0 Å². The third-order valence-electron chi connectivity index (χ3n) is 5.58. The quantitative estimate of drug-likeness (QED) is 0.473. The number of hydrogen-bond donors (Lipinski definition) is 0. The van der Waals surface area contributed by atoms with Gasteiger partial charge >= 0.3 is 5.97 Å². The molecule has 6 nitrogen and oxygen atoms in total. The van der Waals surface area contributed by atoms with E-state index in [4.69, 9.17) is 9.47 Å². The maximum atomic E-state index is 13.6. The summed E-state index contributed by atoms with van der Waals surface area (Å²) in [5.41, 5.74) is 2.54. The zero-order valence-corrected chi connectivity index (χ0v) is 21.0. The Bertz CT molecular complexity index is 1460. The molecule has 4 rings (SSSR count). The molecule has 1 aliphatic heterocycles. The molecule has 0 radical (unpaired) electrons. The van der Waals surface area contributed by atoms with Crippen LogP contribution in [0, 0.1) is 0 Å². The fourth-order valence-corrected chi connectivity index (χ4v) is 5.04. The van der Waals surface area contributed by atoms with Gasteiger partial charge in [0.15, 0.2) is 4.80 Å². The molecule has 0 spiro atoms. The molecule has 0 saturated heterocycles. The van der Waals surface area contributed by atoms with Crippen molar-refractivity contribution in [1.29, 1.82) is 0 Å². The predicted octanol–water partition coefficient (Wildman–Crippen LogP) is 3.95. The molecule has 2 aromatic carbocycles. The van der Waals surface area contributed by atoms with Crippen LogP contribution in [0.3, 0.4) is 0 Å². The molecule has 0 saturated carbocycles. The SMILES string of the molecule is COC(=O)C1=C(C)N=c2s/c(=C\C=C/Cc3ccccc3)c(=O)n2C1c1ccccc1OC(C)C. The Morgan fingerprint density at radius 2 is 1.86 bits per heavy atom. The minimum atomic E-state index is -0.705. The fraction of sp³-hybridized carbons (Fsp3) is 0.250. The molecular weight excluding hydrogens is 460 g/mol. The van der Waals surface area contributed by atoms with Crippen molar-refractivity contribution >= 4 is 23.4 Å². The van der Waals surface area contributed by atoms with Crippen molar-refractivity contribution in [3.63, 3.8) is 0 Å². The first-order valence-electron chi connectivity index (χ1n) is 11.5. The smallest absolute Gasteiger partial charge is 0.338 e. The van der Waals surface area contributed by atoms with Crippen molar-refractivity contribution in [1.82, 2.24) is 4.57 Å². The van der Waals surface area contributed by atoms with Crippen LogP contribution in [0.5, 0.6) is 5.75 Å². The van der Waals surface area contributed by atoms with E-state index in [0.29, 0.717) is 31.9 Å². The molecule has 1 atom stereocenters. The van der Waals surface area contributed by atoms with E-state index in [9.17, 15) is 9.59 Å². The van der Waals surface area contributed by atoms with Gasteiger partial charge in [-0.25, -0.2) is 9.79 Å². The summed E-state index contributed by atoms with van der Waals surface area (Å²) in [6.45, 7) is 5.64. The molecule has 0 amide bonds. The van der Waals surface area contributed by atoms with E-state index >= 15 is 0 Å². The minimum absolute atomic E-state index is 0.0756. The molecule has 0 aliphatic carbocycles. The average Bonchev–Trinajstić information content (AvgIpc) is 3.16. The highest BCUT2D eigenvalue weighted by atomic mass is 32.1. The summed E-state index contributed by atoms with van der Waals surface area (Å²) in [7, 11) is 1.33. The number of ether oxygens (including phenoxy) is 2. The number of allylic oxidation sites excluding steroid dienone is 3. The van der Waals surface area contributed by atoms with Crippen LogP contribution in [-0.4, -0.2) is 23.8 Å². The first-order chi connectivity index (χ1) is 16.9. The second-order valence-corrected chi connectivity index (χ2v) is 9.43. The summed E-state index contributed by atoms with van der Waals surface area (Å²) in [6.07, 6.45) is 6.40. The van der Waals surface area contributed by atoms with Crippen LogP contribution in [0.25, 0.3) is 6.08 Å². The molecule has 7 heteroatoms. The van der Waals surface area contributed by atoms with Crippen molar-refractivity contribution in [2.45, 2.75) is 39.3 Å². The lowest BCUT2D eigenvalue weighted by Crippen LogP contribution is -2.40. The highest BCUT2D eigenvalue weighted by molar-refractivity contribution is 7.07. The second kappa shape index (κ2) is 10.7. The van der Waals surface area contributed by atoms with Gasteiger partial charge in [0, 0.05) is 5.56 Å². The number of aromatic nitrogens is 1. The maximum absolute atomic E-state index is 13.6. The van der Waals surface area contributed by atoms with Gasteiger partial charge in [0.05, 0.1) is 29.0 Å². The van der Waals surface area contributed by atoms with Gasteiger partial charge in [0.25, 0.3) is 5.56 Å². The number of carbonyl (C=O) groups excluding carboxylic acids is 1. The molecule has 3 aromatic rings. The third-order valence-corrected chi connectivity index (χ3v) is 6.58. The van der Waals surface area contributed by atoms with E-state index in [1.165, 1.54) is 24.0 Å². The molecule has 1 unspecified atom stereocenters. The number of methoxy groups -OCH3 is 1. The third kappa shape index (κ3) is 5.20. The van der Waals surface area contributed by atoms with Crippen LogP contribution >= 0.6 is 11.3 Å². The van der Waals surface area contributed by atoms with E-state index in [-0.39, 0.29) is 11.7 Å². The molecule has 1 aliphatic rings. The number of rotatable bonds is 7. The van der Waals surface area contributed by atoms with Crippen LogP contribution in [0.15, 0.2) is 87.8 Å². The number of para-hydroxylation sites is 1. The van der Waals surface area contributed by atoms with Crippen molar-refractivity contribution in [2.75, 3.05) is 7.11 Å². The zero-order chi connectivity index (χ0) is 24.9. The topological polar surface area (TPSA) is 69.9 Å². The van der Waals surface area contributed by atoms with Crippen molar-refractivity contribution in [3.05, 3.63) is 109 Å².